The summed E-state index contributed by atoms with van der Waals surface area (Å²) in [6.07, 6.45) is 4.24. The highest BCUT2D eigenvalue weighted by molar-refractivity contribution is 7.09. The molecule has 0 amide bonds. The summed E-state index contributed by atoms with van der Waals surface area (Å²) < 4.78 is 1.87. The van der Waals surface area contributed by atoms with Crippen LogP contribution in [-0.4, -0.2) is 19.6 Å². The van der Waals surface area contributed by atoms with Gasteiger partial charge < -0.3 is 0 Å². The van der Waals surface area contributed by atoms with Crippen LogP contribution in [0, 0.1) is 0 Å². The second-order valence-electron chi connectivity index (χ2n) is 3.28. The van der Waals surface area contributed by atoms with Crippen LogP contribution >= 0.6 is 22.9 Å². The second-order valence-corrected chi connectivity index (χ2v) is 4.67. The van der Waals surface area contributed by atoms with Crippen LogP contribution in [0.1, 0.15) is 10.7 Å². The number of halogens is 1. The lowest BCUT2D eigenvalue weighted by atomic mass is 10.3. The van der Waals surface area contributed by atoms with Gasteiger partial charge in [-0.2, -0.15) is 0 Å². The maximum Gasteiger partial charge on any atom is 0.198 e. The molecule has 0 aliphatic carbocycles. The normalized spacial score (nSPS) is 11.1. The maximum atomic E-state index is 5.92. The molecule has 16 heavy (non-hydrogen) atoms. The molecule has 0 aliphatic rings. The number of hydrogen-bond donors (Lipinski definition) is 0. The minimum Gasteiger partial charge on any atom is -0.282 e. The molecule has 3 aromatic heterocycles. The smallest absolute Gasteiger partial charge is 0.198 e. The molecule has 0 aromatic carbocycles. The molecular formula is C10H7ClN4S. The summed E-state index contributed by atoms with van der Waals surface area (Å²) >= 11 is 7.62. The van der Waals surface area contributed by atoms with E-state index in [4.69, 9.17) is 11.6 Å². The lowest BCUT2D eigenvalue weighted by Gasteiger charge is -1.97. The predicted octanol–water partition coefficient (Wildman–Crippen LogP) is 2.43. The molecule has 0 aliphatic heterocycles. The average Bonchev–Trinajstić information content (AvgIpc) is 2.90. The Morgan fingerprint density at radius 1 is 1.38 bits per heavy atom. The van der Waals surface area contributed by atoms with Crippen molar-refractivity contribution < 1.29 is 0 Å². The highest BCUT2D eigenvalue weighted by Crippen LogP contribution is 2.16. The van der Waals surface area contributed by atoms with E-state index in [1.54, 1.807) is 17.5 Å². The standard InChI is InChI=1S/C10H7ClN4S/c11-9-10-14-13-8(15(10)4-3-12-9)6-7-2-1-5-16-7/h1-5H,6H2. The van der Waals surface area contributed by atoms with Gasteiger partial charge in [-0.05, 0) is 11.4 Å². The predicted molar refractivity (Wildman–Crippen MR) is 62.9 cm³/mol. The molecule has 80 valence electrons. The first-order valence-electron chi connectivity index (χ1n) is 4.71. The summed E-state index contributed by atoms with van der Waals surface area (Å²) in [5, 5.41) is 10.6. The Hall–Kier alpha value is -1.46. The molecule has 0 radical (unpaired) electrons. The van der Waals surface area contributed by atoms with Gasteiger partial charge in [-0.3, -0.25) is 4.40 Å². The van der Waals surface area contributed by atoms with Gasteiger partial charge >= 0.3 is 0 Å². The third-order valence-corrected chi connectivity index (χ3v) is 3.41. The van der Waals surface area contributed by atoms with Gasteiger partial charge in [0.25, 0.3) is 0 Å². The van der Waals surface area contributed by atoms with E-state index in [1.807, 2.05) is 22.0 Å². The number of hydrogen-bond acceptors (Lipinski definition) is 4. The van der Waals surface area contributed by atoms with Crippen LogP contribution < -0.4 is 0 Å². The van der Waals surface area contributed by atoms with E-state index in [0.717, 1.165) is 12.2 Å². The molecule has 0 bridgehead atoms. The summed E-state index contributed by atoms with van der Waals surface area (Å²) in [6, 6.07) is 4.10. The SMILES string of the molecule is Clc1nccn2c(Cc3cccs3)nnc12. The van der Waals surface area contributed by atoms with Gasteiger partial charge in [0.15, 0.2) is 10.8 Å². The first kappa shape index (κ1) is 9.74. The number of nitrogens with zero attached hydrogens (tertiary/aromatic N) is 4. The fraction of sp³-hybridized carbons (Fsp3) is 0.100. The van der Waals surface area contributed by atoms with Crippen molar-refractivity contribution in [3.8, 4) is 0 Å². The Bertz CT molecular complexity index is 617. The molecule has 3 heterocycles. The van der Waals surface area contributed by atoms with Gasteiger partial charge in [0, 0.05) is 23.7 Å². The lowest BCUT2D eigenvalue weighted by molar-refractivity contribution is 0.941. The molecule has 6 heteroatoms. The van der Waals surface area contributed by atoms with E-state index in [0.29, 0.717) is 10.8 Å². The first-order chi connectivity index (χ1) is 7.84. The monoisotopic (exact) mass is 250 g/mol. The third-order valence-electron chi connectivity index (χ3n) is 2.27. The van der Waals surface area contributed by atoms with Gasteiger partial charge in [-0.15, -0.1) is 21.5 Å². The Kier molecular flexibility index (Phi) is 2.34. The highest BCUT2D eigenvalue weighted by atomic mass is 35.5. The van der Waals surface area contributed by atoms with E-state index in [1.165, 1.54) is 4.88 Å². The summed E-state index contributed by atoms with van der Waals surface area (Å²) in [5.74, 6) is 0.877. The van der Waals surface area contributed by atoms with Crippen LogP contribution in [0.5, 0.6) is 0 Å². The van der Waals surface area contributed by atoms with E-state index in [-0.39, 0.29) is 0 Å². The zero-order valence-corrected chi connectivity index (χ0v) is 9.74. The van der Waals surface area contributed by atoms with Crippen molar-refractivity contribution >= 4 is 28.6 Å². The Morgan fingerprint density at radius 2 is 2.31 bits per heavy atom. The summed E-state index contributed by atoms with van der Waals surface area (Å²) in [7, 11) is 0. The van der Waals surface area contributed by atoms with Crippen molar-refractivity contribution in [2.45, 2.75) is 6.42 Å². The molecular weight excluding hydrogens is 244 g/mol. The molecule has 0 N–H and O–H groups in total. The largest absolute Gasteiger partial charge is 0.282 e. The molecule has 0 atom stereocenters. The van der Waals surface area contributed by atoms with Crippen molar-refractivity contribution in [2.24, 2.45) is 0 Å². The van der Waals surface area contributed by atoms with E-state index < -0.39 is 0 Å². The Labute approximate surface area is 101 Å². The number of rotatable bonds is 2. The van der Waals surface area contributed by atoms with Crippen molar-refractivity contribution in [3.05, 3.63) is 45.8 Å². The summed E-state index contributed by atoms with van der Waals surface area (Å²) in [5.41, 5.74) is 0.607. The lowest BCUT2D eigenvalue weighted by Crippen LogP contribution is -1.95. The quantitative estimate of drug-likeness (QED) is 0.702. The molecule has 3 rings (SSSR count). The van der Waals surface area contributed by atoms with Gasteiger partial charge in [0.2, 0.25) is 0 Å². The fourth-order valence-corrected chi connectivity index (χ4v) is 2.42. The second kappa shape index (κ2) is 3.84. The van der Waals surface area contributed by atoms with Crippen LogP contribution in [0.2, 0.25) is 5.15 Å². The zero-order valence-electron chi connectivity index (χ0n) is 8.17. The van der Waals surface area contributed by atoms with Gasteiger partial charge in [-0.25, -0.2) is 4.98 Å². The van der Waals surface area contributed by atoms with E-state index in [9.17, 15) is 0 Å². The zero-order chi connectivity index (χ0) is 11.0. The van der Waals surface area contributed by atoms with Crippen LogP contribution in [0.25, 0.3) is 5.65 Å². The van der Waals surface area contributed by atoms with Crippen molar-refractivity contribution in [2.75, 3.05) is 0 Å². The van der Waals surface area contributed by atoms with Crippen LogP contribution in [0.15, 0.2) is 29.9 Å². The summed E-state index contributed by atoms with van der Waals surface area (Å²) in [4.78, 5) is 5.21. The molecule has 0 saturated carbocycles. The number of aromatic nitrogens is 4. The Morgan fingerprint density at radius 3 is 3.12 bits per heavy atom. The van der Waals surface area contributed by atoms with Gasteiger partial charge in [0.05, 0.1) is 0 Å². The first-order valence-corrected chi connectivity index (χ1v) is 5.97. The molecule has 0 saturated heterocycles. The van der Waals surface area contributed by atoms with Crippen molar-refractivity contribution in [1.82, 2.24) is 19.6 Å². The molecule has 0 fully saturated rings. The minimum absolute atomic E-state index is 0.382. The van der Waals surface area contributed by atoms with E-state index >= 15 is 0 Å². The highest BCUT2D eigenvalue weighted by Gasteiger charge is 2.09. The topological polar surface area (TPSA) is 43.1 Å². The Balaban J connectivity index is 2.08. The van der Waals surface area contributed by atoms with Crippen LogP contribution in [0.4, 0.5) is 0 Å². The van der Waals surface area contributed by atoms with Gasteiger partial charge in [-0.1, -0.05) is 17.7 Å². The fourth-order valence-electron chi connectivity index (χ4n) is 1.53. The van der Waals surface area contributed by atoms with E-state index in [2.05, 4.69) is 21.2 Å². The van der Waals surface area contributed by atoms with Crippen molar-refractivity contribution in [3.63, 3.8) is 0 Å². The molecule has 4 nitrogen and oxygen atoms in total. The number of fused-ring (bicyclic) bond motifs is 1. The van der Waals surface area contributed by atoms with Crippen LogP contribution in [-0.2, 0) is 6.42 Å². The van der Waals surface area contributed by atoms with Crippen LogP contribution in [0.3, 0.4) is 0 Å². The molecule has 0 unspecified atom stereocenters. The minimum atomic E-state index is 0.382. The van der Waals surface area contributed by atoms with Gasteiger partial charge in [0.1, 0.15) is 5.82 Å². The molecule has 0 spiro atoms. The molecule has 3 aromatic rings. The number of thiophene rings is 1. The third kappa shape index (κ3) is 1.58. The summed E-state index contributed by atoms with van der Waals surface area (Å²) in [6.45, 7) is 0. The van der Waals surface area contributed by atoms with Crippen molar-refractivity contribution in [1.29, 1.82) is 0 Å². The maximum absolute atomic E-state index is 5.92. The average molecular weight is 251 g/mol.